The highest BCUT2D eigenvalue weighted by atomic mass is 32.1. The maximum atomic E-state index is 5.50. The predicted molar refractivity (Wildman–Crippen MR) is 105 cm³/mol. The number of benzene rings is 1. The molecule has 1 unspecified atom stereocenters. The van der Waals surface area contributed by atoms with Crippen molar-refractivity contribution >= 4 is 22.7 Å². The van der Waals surface area contributed by atoms with Crippen LogP contribution in [-0.4, -0.2) is 31.2 Å². The third-order valence-electron chi connectivity index (χ3n) is 4.22. The Balaban J connectivity index is 1.76. The molecule has 3 aromatic rings. The summed E-state index contributed by atoms with van der Waals surface area (Å²) in [6.07, 6.45) is 0. The van der Waals surface area contributed by atoms with Gasteiger partial charge in [-0.25, -0.2) is 4.98 Å². The van der Waals surface area contributed by atoms with Crippen LogP contribution in [-0.2, 0) is 6.54 Å². The molecular weight excluding hydrogens is 352 g/mol. The second kappa shape index (κ2) is 7.99. The summed E-state index contributed by atoms with van der Waals surface area (Å²) < 4.78 is 10.8. The van der Waals surface area contributed by atoms with Crippen LogP contribution in [0.3, 0.4) is 0 Å². The first-order valence-corrected chi connectivity index (χ1v) is 9.78. The van der Waals surface area contributed by atoms with Crippen molar-refractivity contribution in [2.45, 2.75) is 19.5 Å². The summed E-state index contributed by atoms with van der Waals surface area (Å²) in [4.78, 5) is 8.49. The average molecular weight is 375 g/mol. The highest BCUT2D eigenvalue weighted by Gasteiger charge is 2.16. The molecule has 2 heterocycles. The molecule has 1 atom stereocenters. The Morgan fingerprint density at radius 3 is 2.68 bits per heavy atom. The van der Waals surface area contributed by atoms with Gasteiger partial charge in [0.25, 0.3) is 0 Å². The number of methoxy groups -OCH3 is 2. The number of thiazole rings is 1. The Labute approximate surface area is 156 Å². The molecule has 0 saturated carbocycles. The van der Waals surface area contributed by atoms with E-state index in [0.717, 1.165) is 34.3 Å². The largest absolute Gasteiger partial charge is 0.497 e. The molecule has 0 N–H and O–H groups in total. The fourth-order valence-electron chi connectivity index (χ4n) is 2.62. The van der Waals surface area contributed by atoms with Gasteiger partial charge in [-0.15, -0.1) is 22.7 Å². The molecule has 0 aliphatic carbocycles. The van der Waals surface area contributed by atoms with Crippen LogP contribution in [0.2, 0.25) is 0 Å². The van der Waals surface area contributed by atoms with E-state index in [4.69, 9.17) is 14.5 Å². The number of aromatic nitrogens is 1. The van der Waals surface area contributed by atoms with Gasteiger partial charge in [-0.2, -0.15) is 0 Å². The molecule has 0 radical (unpaired) electrons. The molecule has 132 valence electrons. The van der Waals surface area contributed by atoms with Crippen LogP contribution in [0.4, 0.5) is 0 Å². The van der Waals surface area contributed by atoms with Crippen molar-refractivity contribution in [1.82, 2.24) is 9.88 Å². The van der Waals surface area contributed by atoms with Gasteiger partial charge in [0.15, 0.2) is 0 Å². The quantitative estimate of drug-likeness (QED) is 0.577. The summed E-state index contributed by atoms with van der Waals surface area (Å²) in [5.74, 6) is 1.56. The first-order valence-electron chi connectivity index (χ1n) is 8.02. The fourth-order valence-corrected chi connectivity index (χ4v) is 4.31. The smallest absolute Gasteiger partial charge is 0.132 e. The lowest BCUT2D eigenvalue weighted by atomic mass is 10.2. The summed E-state index contributed by atoms with van der Waals surface area (Å²) in [5.41, 5.74) is 2.07. The highest BCUT2D eigenvalue weighted by molar-refractivity contribution is 7.13. The molecule has 0 amide bonds. The third-order valence-corrected chi connectivity index (χ3v) is 6.19. The Bertz CT molecular complexity index is 815. The van der Waals surface area contributed by atoms with Gasteiger partial charge in [0.05, 0.1) is 25.5 Å². The van der Waals surface area contributed by atoms with Crippen LogP contribution in [0.25, 0.3) is 10.6 Å². The van der Waals surface area contributed by atoms with E-state index in [0.29, 0.717) is 6.04 Å². The van der Waals surface area contributed by atoms with Crippen LogP contribution in [0.5, 0.6) is 11.5 Å². The van der Waals surface area contributed by atoms with Gasteiger partial charge < -0.3 is 9.47 Å². The fraction of sp³-hybridized carbons (Fsp3) is 0.316. The molecule has 2 aromatic heterocycles. The maximum Gasteiger partial charge on any atom is 0.132 e. The zero-order chi connectivity index (χ0) is 17.8. The van der Waals surface area contributed by atoms with Gasteiger partial charge in [0.1, 0.15) is 16.5 Å². The molecule has 0 spiro atoms. The summed E-state index contributed by atoms with van der Waals surface area (Å²) >= 11 is 3.43. The molecule has 0 saturated heterocycles. The van der Waals surface area contributed by atoms with Crippen LogP contribution < -0.4 is 9.47 Å². The predicted octanol–water partition coefficient (Wildman–Crippen LogP) is 5.08. The Morgan fingerprint density at radius 1 is 1.16 bits per heavy atom. The third kappa shape index (κ3) is 4.03. The number of nitrogens with zero attached hydrogens (tertiary/aromatic N) is 2. The zero-order valence-corrected chi connectivity index (χ0v) is 16.5. The van der Waals surface area contributed by atoms with Crippen molar-refractivity contribution in [3.63, 3.8) is 0 Å². The Hall–Kier alpha value is -1.89. The first-order chi connectivity index (χ1) is 12.1. The lowest BCUT2D eigenvalue weighted by Gasteiger charge is -2.22. The van der Waals surface area contributed by atoms with Gasteiger partial charge in [0.2, 0.25) is 0 Å². The van der Waals surface area contributed by atoms with Crippen molar-refractivity contribution in [1.29, 1.82) is 0 Å². The maximum absolute atomic E-state index is 5.50. The van der Waals surface area contributed by atoms with Crippen molar-refractivity contribution in [3.8, 4) is 22.1 Å². The summed E-state index contributed by atoms with van der Waals surface area (Å²) in [6, 6.07) is 10.5. The van der Waals surface area contributed by atoms with E-state index in [9.17, 15) is 0 Å². The van der Waals surface area contributed by atoms with Crippen LogP contribution in [0, 0.1) is 0 Å². The molecule has 0 fully saturated rings. The van der Waals surface area contributed by atoms with Gasteiger partial charge >= 0.3 is 0 Å². The van der Waals surface area contributed by atoms with Crippen molar-refractivity contribution in [2.24, 2.45) is 0 Å². The average Bonchev–Trinajstić information content (AvgIpc) is 3.32. The molecule has 0 aliphatic heterocycles. The van der Waals surface area contributed by atoms with E-state index < -0.39 is 0 Å². The molecule has 1 aromatic carbocycles. The van der Waals surface area contributed by atoms with Gasteiger partial charge in [-0.3, -0.25) is 4.90 Å². The molecule has 25 heavy (non-hydrogen) atoms. The number of thiophene rings is 1. The van der Waals surface area contributed by atoms with Gasteiger partial charge in [-0.1, -0.05) is 6.07 Å². The van der Waals surface area contributed by atoms with Crippen LogP contribution in [0.15, 0.2) is 41.1 Å². The topological polar surface area (TPSA) is 34.6 Å². The summed E-state index contributed by atoms with van der Waals surface area (Å²) in [6.45, 7) is 3.04. The second-order valence-electron chi connectivity index (χ2n) is 5.82. The van der Waals surface area contributed by atoms with E-state index in [2.05, 4.69) is 41.8 Å². The number of ether oxygens (including phenoxy) is 2. The van der Waals surface area contributed by atoms with E-state index in [1.165, 1.54) is 4.88 Å². The van der Waals surface area contributed by atoms with Crippen molar-refractivity contribution < 1.29 is 9.47 Å². The standard InChI is InChI=1S/C19H22N2O2S2/c1-13(18-6-5-9-24-18)21(2)11-14-12-25-19(20-14)16-8-7-15(22-3)10-17(16)23-4/h5-10,12-13H,11H2,1-4H3. The lowest BCUT2D eigenvalue weighted by molar-refractivity contribution is 0.254. The minimum Gasteiger partial charge on any atom is -0.497 e. The molecule has 0 bridgehead atoms. The second-order valence-corrected chi connectivity index (χ2v) is 7.65. The van der Waals surface area contributed by atoms with Gasteiger partial charge in [0, 0.05) is 28.9 Å². The van der Waals surface area contributed by atoms with Crippen molar-refractivity contribution in [2.75, 3.05) is 21.3 Å². The molecule has 0 aliphatic rings. The molecule has 4 nitrogen and oxygen atoms in total. The zero-order valence-electron chi connectivity index (χ0n) is 14.9. The Morgan fingerprint density at radius 2 is 2.00 bits per heavy atom. The Kier molecular flexibility index (Phi) is 5.73. The van der Waals surface area contributed by atoms with E-state index in [1.54, 1.807) is 36.9 Å². The number of hydrogen-bond donors (Lipinski definition) is 0. The highest BCUT2D eigenvalue weighted by Crippen LogP contribution is 2.35. The minimum atomic E-state index is 0.376. The van der Waals surface area contributed by atoms with Crippen LogP contribution >= 0.6 is 22.7 Å². The monoisotopic (exact) mass is 374 g/mol. The lowest BCUT2D eigenvalue weighted by Crippen LogP contribution is -2.21. The summed E-state index contributed by atoms with van der Waals surface area (Å²) in [5, 5.41) is 5.21. The van der Waals surface area contributed by atoms with Crippen molar-refractivity contribution in [3.05, 3.63) is 51.7 Å². The van der Waals surface area contributed by atoms with E-state index in [1.807, 2.05) is 18.2 Å². The van der Waals surface area contributed by atoms with E-state index in [-0.39, 0.29) is 0 Å². The minimum absolute atomic E-state index is 0.376. The van der Waals surface area contributed by atoms with Gasteiger partial charge in [-0.05, 0) is 37.6 Å². The summed E-state index contributed by atoms with van der Waals surface area (Å²) in [7, 11) is 5.46. The number of hydrogen-bond acceptors (Lipinski definition) is 6. The first kappa shape index (κ1) is 17.9. The SMILES string of the molecule is COc1ccc(-c2nc(CN(C)C(C)c3cccs3)cs2)c(OC)c1. The normalized spacial score (nSPS) is 12.4. The number of rotatable bonds is 7. The molecular formula is C19H22N2O2S2. The molecule has 3 rings (SSSR count). The molecule has 6 heteroatoms. The van der Waals surface area contributed by atoms with E-state index >= 15 is 0 Å². The van der Waals surface area contributed by atoms with Crippen LogP contribution in [0.1, 0.15) is 23.5 Å².